The van der Waals surface area contributed by atoms with Gasteiger partial charge >= 0.3 is 6.09 Å². The van der Waals surface area contributed by atoms with Crippen LogP contribution in [0.4, 0.5) is 4.79 Å². The number of amides is 1. The fraction of sp³-hybridized carbons (Fsp3) is 0.167. The number of rotatable bonds is 3. The van der Waals surface area contributed by atoms with Crippen molar-refractivity contribution < 1.29 is 19.0 Å². The van der Waals surface area contributed by atoms with E-state index in [4.69, 9.17) is 9.47 Å². The normalized spacial score (nSPS) is 13.2. The van der Waals surface area contributed by atoms with E-state index in [0.29, 0.717) is 0 Å². The molecule has 1 N–H and O–H groups in total. The van der Waals surface area contributed by atoms with Gasteiger partial charge in [0, 0.05) is 6.21 Å². The van der Waals surface area contributed by atoms with E-state index in [9.17, 15) is 4.79 Å². The van der Waals surface area contributed by atoms with Crippen LogP contribution in [0.3, 0.4) is 0 Å². The highest BCUT2D eigenvalue weighted by atomic mass is 16.7. The lowest BCUT2D eigenvalue weighted by Gasteiger charge is -1.96. The highest BCUT2D eigenvalue weighted by molar-refractivity contribution is 5.79. The minimum absolute atomic E-state index is 0.257. The van der Waals surface area contributed by atoms with Crippen molar-refractivity contribution in [3.63, 3.8) is 0 Å². The van der Waals surface area contributed by atoms with Crippen LogP contribution in [0.25, 0.3) is 6.08 Å². The fourth-order valence-electron chi connectivity index (χ4n) is 1.35. The first-order valence-corrected chi connectivity index (χ1v) is 5.23. The Labute approximate surface area is 104 Å². The summed E-state index contributed by atoms with van der Waals surface area (Å²) in [5.74, 6) is 1.47. The first-order chi connectivity index (χ1) is 8.79. The Morgan fingerprint density at radius 2 is 2.28 bits per heavy atom. The topological polar surface area (TPSA) is 69.2 Å². The molecule has 18 heavy (non-hydrogen) atoms. The van der Waals surface area contributed by atoms with Crippen LogP contribution >= 0.6 is 0 Å². The lowest BCUT2D eigenvalue weighted by atomic mass is 10.2. The molecule has 6 heteroatoms. The molecule has 6 nitrogen and oxygen atoms in total. The van der Waals surface area contributed by atoms with Crippen molar-refractivity contribution in [3.8, 4) is 11.5 Å². The zero-order valence-corrected chi connectivity index (χ0v) is 9.75. The zero-order chi connectivity index (χ0) is 12.8. The number of allylic oxidation sites excluding steroid dienone is 1. The molecular formula is C12H12N2O4. The summed E-state index contributed by atoms with van der Waals surface area (Å²) < 4.78 is 14.8. The first-order valence-electron chi connectivity index (χ1n) is 5.23. The van der Waals surface area contributed by atoms with Gasteiger partial charge in [0.15, 0.2) is 11.5 Å². The predicted molar refractivity (Wildman–Crippen MR) is 65.6 cm³/mol. The molecule has 1 aromatic rings. The fourth-order valence-corrected chi connectivity index (χ4v) is 1.35. The van der Waals surface area contributed by atoms with Crippen LogP contribution in [0.2, 0.25) is 0 Å². The summed E-state index contributed by atoms with van der Waals surface area (Å²) in [7, 11) is 1.27. The number of ether oxygens (including phenoxy) is 3. The van der Waals surface area contributed by atoms with Gasteiger partial charge in [-0.2, -0.15) is 5.10 Å². The van der Waals surface area contributed by atoms with E-state index in [1.165, 1.54) is 13.3 Å². The number of fused-ring (bicyclic) bond motifs is 1. The van der Waals surface area contributed by atoms with Gasteiger partial charge in [0.25, 0.3) is 0 Å². The molecule has 1 heterocycles. The van der Waals surface area contributed by atoms with E-state index in [2.05, 4.69) is 15.3 Å². The maximum Gasteiger partial charge on any atom is 0.427 e. The third kappa shape index (κ3) is 3.00. The van der Waals surface area contributed by atoms with Crippen LogP contribution in [0.5, 0.6) is 11.5 Å². The molecule has 0 spiro atoms. The van der Waals surface area contributed by atoms with Crippen LogP contribution < -0.4 is 14.9 Å². The number of carbonyl (C=O) groups excluding carboxylic acids is 1. The van der Waals surface area contributed by atoms with Crippen LogP contribution in [0, 0.1) is 0 Å². The molecule has 1 aliphatic heterocycles. The summed E-state index contributed by atoms with van der Waals surface area (Å²) in [6.07, 6.45) is 4.35. The monoisotopic (exact) mass is 248 g/mol. The Kier molecular flexibility index (Phi) is 3.80. The third-order valence-corrected chi connectivity index (χ3v) is 2.19. The molecule has 1 aromatic carbocycles. The number of hydrogen-bond donors (Lipinski definition) is 1. The smallest absolute Gasteiger partial charge is 0.427 e. The van der Waals surface area contributed by atoms with E-state index in [0.717, 1.165) is 17.1 Å². The van der Waals surface area contributed by atoms with E-state index >= 15 is 0 Å². The molecule has 0 radical (unpaired) electrons. The predicted octanol–water partition coefficient (Wildman–Crippen LogP) is 1.77. The van der Waals surface area contributed by atoms with Gasteiger partial charge in [-0.15, -0.1) is 0 Å². The Morgan fingerprint density at radius 3 is 3.11 bits per heavy atom. The second kappa shape index (κ2) is 5.72. The summed E-state index contributed by atoms with van der Waals surface area (Å²) >= 11 is 0. The number of benzene rings is 1. The first kappa shape index (κ1) is 12.0. The van der Waals surface area contributed by atoms with Crippen molar-refractivity contribution >= 4 is 18.4 Å². The molecule has 94 valence electrons. The lowest BCUT2D eigenvalue weighted by Crippen LogP contribution is -2.16. The number of nitrogens with zero attached hydrogens (tertiary/aromatic N) is 1. The van der Waals surface area contributed by atoms with Gasteiger partial charge in [-0.1, -0.05) is 12.1 Å². The van der Waals surface area contributed by atoms with Gasteiger partial charge in [-0.25, -0.2) is 10.2 Å². The number of hydrogen-bond acceptors (Lipinski definition) is 5. The quantitative estimate of drug-likeness (QED) is 0.653. The number of nitrogens with one attached hydrogen (secondary N) is 1. The standard InChI is InChI=1S/C12H12N2O4/c1-16-12(15)14-13-6-2-3-9-4-5-10-11(7-9)18-8-17-10/h2-7H,8H2,1H3,(H,14,15)/b3-2+,13-6+. The SMILES string of the molecule is COC(=O)N/N=C/C=C/c1ccc2c(c1)OCO2. The van der Waals surface area contributed by atoms with Crippen LogP contribution in [-0.4, -0.2) is 26.2 Å². The maximum atomic E-state index is 10.7. The Bertz CT molecular complexity index is 497. The van der Waals surface area contributed by atoms with E-state index in [1.54, 1.807) is 6.08 Å². The minimum atomic E-state index is -0.609. The van der Waals surface area contributed by atoms with Gasteiger partial charge in [0.2, 0.25) is 6.79 Å². The van der Waals surface area contributed by atoms with Gasteiger partial charge < -0.3 is 14.2 Å². The molecule has 0 aromatic heterocycles. The minimum Gasteiger partial charge on any atom is -0.454 e. The summed E-state index contributed by atoms with van der Waals surface area (Å²) in [6, 6.07) is 5.60. The molecule has 0 aliphatic carbocycles. The summed E-state index contributed by atoms with van der Waals surface area (Å²) in [6.45, 7) is 0.257. The van der Waals surface area contributed by atoms with Crippen molar-refractivity contribution in [1.29, 1.82) is 0 Å². The Hall–Kier alpha value is -2.50. The molecule has 0 fully saturated rings. The summed E-state index contributed by atoms with van der Waals surface area (Å²) in [5.41, 5.74) is 3.12. The second-order valence-electron chi connectivity index (χ2n) is 3.35. The molecular weight excluding hydrogens is 236 g/mol. The molecule has 0 unspecified atom stereocenters. The van der Waals surface area contributed by atoms with E-state index in [1.807, 2.05) is 24.3 Å². The van der Waals surface area contributed by atoms with Crippen molar-refractivity contribution in [2.75, 3.05) is 13.9 Å². The van der Waals surface area contributed by atoms with Crippen LogP contribution in [0.15, 0.2) is 29.4 Å². The molecule has 0 saturated carbocycles. The van der Waals surface area contributed by atoms with E-state index in [-0.39, 0.29) is 6.79 Å². The number of methoxy groups -OCH3 is 1. The molecule has 1 aliphatic rings. The highest BCUT2D eigenvalue weighted by Crippen LogP contribution is 2.32. The molecule has 1 amide bonds. The molecule has 2 rings (SSSR count). The summed E-state index contributed by atoms with van der Waals surface area (Å²) in [4.78, 5) is 10.7. The van der Waals surface area contributed by atoms with Crippen LogP contribution in [-0.2, 0) is 4.74 Å². The average molecular weight is 248 g/mol. The van der Waals surface area contributed by atoms with Crippen LogP contribution in [0.1, 0.15) is 5.56 Å². The van der Waals surface area contributed by atoms with Crippen molar-refractivity contribution in [3.05, 3.63) is 29.8 Å². The van der Waals surface area contributed by atoms with Gasteiger partial charge in [-0.05, 0) is 23.8 Å². The summed E-state index contributed by atoms with van der Waals surface area (Å²) in [5, 5.41) is 3.64. The Morgan fingerprint density at radius 1 is 1.44 bits per heavy atom. The van der Waals surface area contributed by atoms with Crippen molar-refractivity contribution in [2.45, 2.75) is 0 Å². The highest BCUT2D eigenvalue weighted by Gasteiger charge is 2.11. The third-order valence-electron chi connectivity index (χ3n) is 2.19. The van der Waals surface area contributed by atoms with E-state index < -0.39 is 6.09 Å². The van der Waals surface area contributed by atoms with Gasteiger partial charge in [0.1, 0.15) is 0 Å². The number of carbonyl (C=O) groups is 1. The van der Waals surface area contributed by atoms with Gasteiger partial charge in [-0.3, -0.25) is 0 Å². The largest absolute Gasteiger partial charge is 0.454 e. The average Bonchev–Trinajstić information content (AvgIpc) is 2.85. The molecule has 0 atom stereocenters. The van der Waals surface area contributed by atoms with Gasteiger partial charge in [0.05, 0.1) is 7.11 Å². The zero-order valence-electron chi connectivity index (χ0n) is 9.75. The molecule has 0 saturated heterocycles. The number of hydrazone groups is 1. The molecule has 0 bridgehead atoms. The lowest BCUT2D eigenvalue weighted by molar-refractivity contribution is 0.171. The van der Waals surface area contributed by atoms with Crippen molar-refractivity contribution in [1.82, 2.24) is 5.43 Å². The van der Waals surface area contributed by atoms with Crippen molar-refractivity contribution in [2.24, 2.45) is 5.10 Å². The maximum absolute atomic E-state index is 10.7. The second-order valence-corrected chi connectivity index (χ2v) is 3.35. The Balaban J connectivity index is 1.91.